The molecule has 0 aliphatic heterocycles. The molecule has 0 atom stereocenters. The molecule has 0 bridgehead atoms. The number of aromatic nitrogens is 2. The highest BCUT2D eigenvalue weighted by atomic mass is 15.1. The normalized spacial score (nSPS) is 14.9. The van der Waals surface area contributed by atoms with Crippen molar-refractivity contribution in [3.8, 4) is 0 Å². The minimum atomic E-state index is 0.775. The van der Waals surface area contributed by atoms with Crippen LogP contribution in [0, 0.1) is 6.92 Å². The zero-order valence-electron chi connectivity index (χ0n) is 13.3. The molecule has 0 aromatic carbocycles. The van der Waals surface area contributed by atoms with Crippen molar-refractivity contribution in [3.05, 3.63) is 17.7 Å². The maximum Gasteiger partial charge on any atom is 0.105 e. The van der Waals surface area contributed by atoms with E-state index in [1.807, 2.05) is 6.20 Å². The molecule has 3 nitrogen and oxygen atoms in total. The molecule has 1 aliphatic carbocycles. The van der Waals surface area contributed by atoms with Gasteiger partial charge in [-0.25, -0.2) is 4.98 Å². The Bertz CT molecular complexity index is 380. The fraction of sp³-hybridized carbons (Fsp3) is 0.824. The number of hydrogen-bond donors (Lipinski definition) is 1. The summed E-state index contributed by atoms with van der Waals surface area (Å²) in [6.45, 7) is 6.53. The summed E-state index contributed by atoms with van der Waals surface area (Å²) in [6, 6.07) is 0.775. The molecule has 1 N–H and O–H groups in total. The topological polar surface area (TPSA) is 29.9 Å². The van der Waals surface area contributed by atoms with Crippen molar-refractivity contribution in [2.75, 3.05) is 0 Å². The predicted molar refractivity (Wildman–Crippen MR) is 84.8 cm³/mol. The Morgan fingerprint density at radius 2 is 1.85 bits per heavy atom. The third kappa shape index (κ3) is 5.28. The van der Waals surface area contributed by atoms with Crippen molar-refractivity contribution >= 4 is 0 Å². The van der Waals surface area contributed by atoms with Crippen LogP contribution < -0.4 is 5.32 Å². The number of hydrogen-bond acceptors (Lipinski definition) is 2. The fourth-order valence-corrected chi connectivity index (χ4v) is 2.73. The van der Waals surface area contributed by atoms with Crippen molar-refractivity contribution in [2.24, 2.45) is 0 Å². The zero-order chi connectivity index (χ0) is 14.2. The molecule has 0 radical (unpaired) electrons. The van der Waals surface area contributed by atoms with Crippen molar-refractivity contribution in [1.82, 2.24) is 14.9 Å². The summed E-state index contributed by atoms with van der Waals surface area (Å²) in [5.74, 6) is 1.17. The lowest BCUT2D eigenvalue weighted by Gasteiger charge is -2.11. The number of nitrogens with one attached hydrogen (secondary N) is 1. The summed E-state index contributed by atoms with van der Waals surface area (Å²) in [5.41, 5.74) is 1.36. The van der Waals surface area contributed by atoms with Crippen LogP contribution in [0.25, 0.3) is 0 Å². The maximum atomic E-state index is 4.48. The Kier molecular flexibility index (Phi) is 6.58. The molecule has 1 aromatic rings. The van der Waals surface area contributed by atoms with Gasteiger partial charge in [0, 0.05) is 25.3 Å². The van der Waals surface area contributed by atoms with Crippen molar-refractivity contribution in [1.29, 1.82) is 0 Å². The van der Waals surface area contributed by atoms with Crippen LogP contribution >= 0.6 is 0 Å². The van der Waals surface area contributed by atoms with Crippen molar-refractivity contribution < 1.29 is 0 Å². The van der Waals surface area contributed by atoms with Gasteiger partial charge in [-0.15, -0.1) is 0 Å². The third-order valence-electron chi connectivity index (χ3n) is 4.27. The average Bonchev–Trinajstić information content (AvgIpc) is 3.21. The van der Waals surface area contributed by atoms with E-state index in [0.717, 1.165) is 19.1 Å². The van der Waals surface area contributed by atoms with Crippen LogP contribution in [0.1, 0.15) is 76.2 Å². The molecule has 1 aliphatic rings. The molecule has 1 fully saturated rings. The number of nitrogens with zero attached hydrogens (tertiary/aromatic N) is 2. The van der Waals surface area contributed by atoms with E-state index in [1.54, 1.807) is 0 Å². The number of unbranched alkanes of at least 4 members (excludes halogenated alkanes) is 6. The molecule has 1 heterocycles. The van der Waals surface area contributed by atoms with Crippen LogP contribution in [0.4, 0.5) is 0 Å². The number of imidazole rings is 1. The van der Waals surface area contributed by atoms with Gasteiger partial charge < -0.3 is 9.88 Å². The first kappa shape index (κ1) is 15.6. The highest BCUT2D eigenvalue weighted by Gasteiger charge is 2.20. The second-order valence-corrected chi connectivity index (χ2v) is 6.22. The minimum absolute atomic E-state index is 0.775. The average molecular weight is 277 g/mol. The Balaban J connectivity index is 1.64. The lowest BCUT2D eigenvalue weighted by molar-refractivity contribution is 0.527. The molecule has 3 heteroatoms. The van der Waals surface area contributed by atoms with E-state index in [2.05, 4.69) is 28.7 Å². The third-order valence-corrected chi connectivity index (χ3v) is 4.27. The molecule has 0 spiro atoms. The highest BCUT2D eigenvalue weighted by Crippen LogP contribution is 2.19. The first-order valence-electron chi connectivity index (χ1n) is 8.55. The standard InChI is InChI=1S/C17H31N3/c1-3-4-5-6-7-8-9-12-20-15(2)18-13-17(20)14-19-16-10-11-16/h13,16,19H,3-12,14H2,1-2H3. The Labute approximate surface area is 124 Å². The van der Waals surface area contributed by atoms with Gasteiger partial charge in [-0.3, -0.25) is 0 Å². The summed E-state index contributed by atoms with van der Waals surface area (Å²) >= 11 is 0. The van der Waals surface area contributed by atoms with Gasteiger partial charge in [0.25, 0.3) is 0 Å². The van der Waals surface area contributed by atoms with Crippen molar-refractivity contribution in [2.45, 2.75) is 90.8 Å². The first-order chi connectivity index (χ1) is 9.81. The molecular formula is C17H31N3. The molecule has 20 heavy (non-hydrogen) atoms. The number of rotatable bonds is 11. The first-order valence-corrected chi connectivity index (χ1v) is 8.55. The van der Waals surface area contributed by atoms with E-state index in [-0.39, 0.29) is 0 Å². The molecule has 0 amide bonds. The Morgan fingerprint density at radius 1 is 1.15 bits per heavy atom. The second-order valence-electron chi connectivity index (χ2n) is 6.22. The summed E-state index contributed by atoms with van der Waals surface area (Å²) in [5, 5.41) is 3.59. The van der Waals surface area contributed by atoms with Crippen LogP contribution in [0.15, 0.2) is 6.20 Å². The van der Waals surface area contributed by atoms with Gasteiger partial charge in [-0.05, 0) is 26.2 Å². The van der Waals surface area contributed by atoms with Crippen molar-refractivity contribution in [3.63, 3.8) is 0 Å². The van der Waals surface area contributed by atoms with Crippen LogP contribution in [0.2, 0.25) is 0 Å². The minimum Gasteiger partial charge on any atom is -0.331 e. The van der Waals surface area contributed by atoms with E-state index in [1.165, 1.54) is 69.3 Å². The maximum absolute atomic E-state index is 4.48. The van der Waals surface area contributed by atoms with Gasteiger partial charge in [-0.2, -0.15) is 0 Å². The van der Waals surface area contributed by atoms with Crippen LogP contribution in [-0.2, 0) is 13.1 Å². The molecular weight excluding hydrogens is 246 g/mol. The van der Waals surface area contributed by atoms with Gasteiger partial charge >= 0.3 is 0 Å². The lowest BCUT2D eigenvalue weighted by Crippen LogP contribution is -2.18. The highest BCUT2D eigenvalue weighted by molar-refractivity contribution is 5.05. The monoisotopic (exact) mass is 277 g/mol. The lowest BCUT2D eigenvalue weighted by atomic mass is 10.1. The molecule has 2 rings (SSSR count). The zero-order valence-corrected chi connectivity index (χ0v) is 13.3. The van der Waals surface area contributed by atoms with Gasteiger partial charge in [0.15, 0.2) is 0 Å². The molecule has 1 saturated carbocycles. The van der Waals surface area contributed by atoms with Gasteiger partial charge in [0.1, 0.15) is 5.82 Å². The second kappa shape index (κ2) is 8.46. The summed E-state index contributed by atoms with van der Waals surface area (Å²) < 4.78 is 2.40. The van der Waals surface area contributed by atoms with Gasteiger partial charge in [-0.1, -0.05) is 45.4 Å². The number of aryl methyl sites for hydroxylation is 1. The largest absolute Gasteiger partial charge is 0.331 e. The van der Waals surface area contributed by atoms with E-state index in [4.69, 9.17) is 0 Å². The Morgan fingerprint density at radius 3 is 2.55 bits per heavy atom. The van der Waals surface area contributed by atoms with Crippen LogP contribution in [0.5, 0.6) is 0 Å². The van der Waals surface area contributed by atoms with E-state index in [9.17, 15) is 0 Å². The van der Waals surface area contributed by atoms with E-state index in [0.29, 0.717) is 0 Å². The quantitative estimate of drug-likeness (QED) is 0.615. The smallest absolute Gasteiger partial charge is 0.105 e. The van der Waals surface area contributed by atoms with Gasteiger partial charge in [0.2, 0.25) is 0 Å². The van der Waals surface area contributed by atoms with E-state index < -0.39 is 0 Å². The van der Waals surface area contributed by atoms with E-state index >= 15 is 0 Å². The molecule has 0 saturated heterocycles. The van der Waals surface area contributed by atoms with Crippen LogP contribution in [-0.4, -0.2) is 15.6 Å². The summed E-state index contributed by atoms with van der Waals surface area (Å²) in [6.07, 6.45) is 14.4. The summed E-state index contributed by atoms with van der Waals surface area (Å²) in [7, 11) is 0. The summed E-state index contributed by atoms with van der Waals surface area (Å²) in [4.78, 5) is 4.48. The fourth-order valence-electron chi connectivity index (χ4n) is 2.73. The molecule has 0 unspecified atom stereocenters. The predicted octanol–water partition coefficient (Wildman–Crippen LogP) is 4.19. The molecule has 1 aromatic heterocycles. The SMILES string of the molecule is CCCCCCCCCn1c(CNC2CC2)cnc1C. The Hall–Kier alpha value is -0.830. The van der Waals surface area contributed by atoms with Gasteiger partial charge in [0.05, 0.1) is 5.69 Å². The molecule has 114 valence electrons. The van der Waals surface area contributed by atoms with Crippen LogP contribution in [0.3, 0.4) is 0 Å².